The van der Waals surface area contributed by atoms with Gasteiger partial charge >= 0.3 is 0 Å². The number of anilines is 1. The highest BCUT2D eigenvalue weighted by atomic mass is 32.2. The number of halogens is 1. The molecule has 7 heteroatoms. The number of amides is 1. The van der Waals surface area contributed by atoms with Crippen molar-refractivity contribution in [1.29, 1.82) is 0 Å². The monoisotopic (exact) mass is 446 g/mol. The van der Waals surface area contributed by atoms with Crippen LogP contribution in [0.15, 0.2) is 36.4 Å². The summed E-state index contributed by atoms with van der Waals surface area (Å²) in [5, 5.41) is 3.03. The molecule has 0 saturated heterocycles. The van der Waals surface area contributed by atoms with Gasteiger partial charge in [0.05, 0.1) is 18.0 Å². The van der Waals surface area contributed by atoms with Crippen LogP contribution < -0.4 is 10.0 Å². The Bertz CT molecular complexity index is 1110. The van der Waals surface area contributed by atoms with E-state index in [1.54, 1.807) is 18.2 Å². The first-order chi connectivity index (χ1) is 14.3. The maximum Gasteiger partial charge on any atom is 0.229 e. The number of carbonyl (C=O) groups is 1. The number of sulfonamides is 1. The minimum Gasteiger partial charge on any atom is -0.349 e. The first-order valence-corrected chi connectivity index (χ1v) is 12.3. The fourth-order valence-electron chi connectivity index (χ4n) is 3.90. The molecule has 0 radical (unpaired) electrons. The van der Waals surface area contributed by atoms with Gasteiger partial charge < -0.3 is 5.32 Å². The molecule has 168 valence electrons. The average Bonchev–Trinajstić information content (AvgIpc) is 3.42. The lowest BCUT2D eigenvalue weighted by atomic mass is 9.86. The highest BCUT2D eigenvalue weighted by molar-refractivity contribution is 7.92. The molecule has 0 bridgehead atoms. The van der Waals surface area contributed by atoms with Gasteiger partial charge in [0, 0.05) is 5.92 Å². The number of rotatable bonds is 6. The van der Waals surface area contributed by atoms with Crippen LogP contribution in [-0.4, -0.2) is 20.6 Å². The number of nitrogens with one attached hydrogen (secondary N) is 2. The lowest BCUT2D eigenvalue weighted by Gasteiger charge is -2.20. The molecule has 2 aromatic carbocycles. The standard InChI is InChI=1S/C24H31FN2O3S/c1-14-11-16(8-10-22(14)27-31(6,29)30)15(2)26-23(28)19-13-18(19)17-7-9-20(21(25)12-17)24(3,4)5/h7-12,15,18-19,27H,13H2,1-6H3,(H,26,28)/t15-,18?,19?/m1/s1. The Balaban J connectivity index is 1.64. The zero-order valence-corrected chi connectivity index (χ0v) is 19.7. The Hall–Kier alpha value is -2.41. The fraction of sp³-hybridized carbons (Fsp3) is 0.458. The van der Waals surface area contributed by atoms with Crippen molar-refractivity contribution in [3.05, 3.63) is 64.5 Å². The second kappa shape index (κ2) is 8.26. The quantitative estimate of drug-likeness (QED) is 0.670. The molecule has 1 aliphatic carbocycles. The molecule has 1 fully saturated rings. The van der Waals surface area contributed by atoms with Gasteiger partial charge in [-0.2, -0.15) is 0 Å². The minimum absolute atomic E-state index is 0.0405. The van der Waals surface area contributed by atoms with Crippen LogP contribution in [0.2, 0.25) is 0 Å². The van der Waals surface area contributed by atoms with Crippen LogP contribution in [0.4, 0.5) is 10.1 Å². The minimum atomic E-state index is -3.35. The van der Waals surface area contributed by atoms with Gasteiger partial charge in [-0.15, -0.1) is 0 Å². The van der Waals surface area contributed by atoms with E-state index in [9.17, 15) is 17.6 Å². The van der Waals surface area contributed by atoms with Crippen LogP contribution in [0, 0.1) is 18.7 Å². The van der Waals surface area contributed by atoms with E-state index in [-0.39, 0.29) is 35.0 Å². The number of carbonyl (C=O) groups excluding carboxylic acids is 1. The summed E-state index contributed by atoms with van der Waals surface area (Å²) in [6, 6.07) is 10.5. The van der Waals surface area contributed by atoms with Crippen LogP contribution >= 0.6 is 0 Å². The van der Waals surface area contributed by atoms with Gasteiger partial charge in [0.25, 0.3) is 0 Å². The van der Waals surface area contributed by atoms with E-state index >= 15 is 0 Å². The lowest BCUT2D eigenvalue weighted by molar-refractivity contribution is -0.123. The maximum atomic E-state index is 14.5. The molecule has 0 aliphatic heterocycles. The Kier molecular flexibility index (Phi) is 6.20. The van der Waals surface area contributed by atoms with Gasteiger partial charge in [-0.1, -0.05) is 45.0 Å². The average molecular weight is 447 g/mol. The number of benzene rings is 2. The molecule has 31 heavy (non-hydrogen) atoms. The van der Waals surface area contributed by atoms with Crippen molar-refractivity contribution in [1.82, 2.24) is 5.32 Å². The molecule has 1 saturated carbocycles. The van der Waals surface area contributed by atoms with Gasteiger partial charge in [0.1, 0.15) is 5.82 Å². The van der Waals surface area contributed by atoms with Crippen molar-refractivity contribution in [2.75, 3.05) is 11.0 Å². The fourth-order valence-corrected chi connectivity index (χ4v) is 4.53. The van der Waals surface area contributed by atoms with Crippen LogP contribution in [0.25, 0.3) is 0 Å². The Labute approximate surface area is 184 Å². The van der Waals surface area contributed by atoms with Gasteiger partial charge in [0.2, 0.25) is 15.9 Å². The predicted molar refractivity (Wildman–Crippen MR) is 122 cm³/mol. The molecule has 0 heterocycles. The van der Waals surface area contributed by atoms with E-state index in [1.807, 2.05) is 52.8 Å². The van der Waals surface area contributed by atoms with Crippen molar-refractivity contribution >= 4 is 21.6 Å². The molecule has 3 rings (SSSR count). The van der Waals surface area contributed by atoms with E-state index in [2.05, 4.69) is 10.0 Å². The second-order valence-corrected chi connectivity index (χ2v) is 11.4. The van der Waals surface area contributed by atoms with Crippen LogP contribution in [0.3, 0.4) is 0 Å². The third-order valence-electron chi connectivity index (χ3n) is 5.76. The first-order valence-electron chi connectivity index (χ1n) is 10.4. The largest absolute Gasteiger partial charge is 0.349 e. The van der Waals surface area contributed by atoms with E-state index < -0.39 is 10.0 Å². The number of hydrogen-bond acceptors (Lipinski definition) is 3. The summed E-state index contributed by atoms with van der Waals surface area (Å²) in [7, 11) is -3.35. The van der Waals surface area contributed by atoms with Gasteiger partial charge in [-0.3, -0.25) is 9.52 Å². The molecule has 5 nitrogen and oxygen atoms in total. The number of hydrogen-bond donors (Lipinski definition) is 2. The molecule has 3 atom stereocenters. The van der Waals surface area contributed by atoms with Crippen LogP contribution in [0.5, 0.6) is 0 Å². The van der Waals surface area contributed by atoms with Crippen molar-refractivity contribution in [2.24, 2.45) is 5.92 Å². The van der Waals surface area contributed by atoms with Crippen LogP contribution in [-0.2, 0) is 20.2 Å². The van der Waals surface area contributed by atoms with E-state index in [1.165, 1.54) is 0 Å². The van der Waals surface area contributed by atoms with Crippen molar-refractivity contribution in [2.45, 2.75) is 58.4 Å². The Morgan fingerprint density at radius 1 is 1.16 bits per heavy atom. The zero-order valence-electron chi connectivity index (χ0n) is 18.9. The summed E-state index contributed by atoms with van der Waals surface area (Å²) in [5.74, 6) is -0.384. The van der Waals surface area contributed by atoms with E-state index in [0.717, 1.165) is 22.9 Å². The zero-order chi connectivity index (χ0) is 23.1. The summed E-state index contributed by atoms with van der Waals surface area (Å²) in [4.78, 5) is 12.7. The summed E-state index contributed by atoms with van der Waals surface area (Å²) < 4.78 is 39.9. The molecule has 1 amide bonds. The first kappa shape index (κ1) is 23.3. The lowest BCUT2D eigenvalue weighted by Crippen LogP contribution is -2.28. The smallest absolute Gasteiger partial charge is 0.229 e. The third-order valence-corrected chi connectivity index (χ3v) is 6.35. The molecule has 0 aromatic heterocycles. The normalized spacial score (nSPS) is 19.6. The SMILES string of the molecule is Cc1cc([C@@H](C)NC(=O)C2CC2c2ccc(C(C)(C)C)c(F)c2)ccc1NS(C)(=O)=O. The topological polar surface area (TPSA) is 75.3 Å². The van der Waals surface area contributed by atoms with Gasteiger partial charge in [-0.25, -0.2) is 12.8 Å². The maximum absolute atomic E-state index is 14.5. The van der Waals surface area contributed by atoms with E-state index in [4.69, 9.17) is 0 Å². The summed E-state index contributed by atoms with van der Waals surface area (Å²) in [6.45, 7) is 9.64. The van der Waals surface area contributed by atoms with Gasteiger partial charge in [0.15, 0.2) is 0 Å². The summed E-state index contributed by atoms with van der Waals surface area (Å²) in [6.07, 6.45) is 1.82. The Morgan fingerprint density at radius 3 is 2.39 bits per heavy atom. The molecule has 2 aromatic rings. The molecule has 2 unspecified atom stereocenters. The molecule has 1 aliphatic rings. The summed E-state index contributed by atoms with van der Waals surface area (Å²) in [5.41, 5.74) is 3.47. The highest BCUT2D eigenvalue weighted by Gasteiger charge is 2.44. The van der Waals surface area contributed by atoms with Crippen molar-refractivity contribution in [3.8, 4) is 0 Å². The molecule has 2 N–H and O–H groups in total. The molecule has 0 spiro atoms. The molecular formula is C24H31FN2O3S. The molecular weight excluding hydrogens is 415 g/mol. The predicted octanol–water partition coefficient (Wildman–Crippen LogP) is 4.78. The number of aryl methyl sites for hydroxylation is 1. The third kappa shape index (κ3) is 5.64. The van der Waals surface area contributed by atoms with Crippen molar-refractivity contribution in [3.63, 3.8) is 0 Å². The summed E-state index contributed by atoms with van der Waals surface area (Å²) >= 11 is 0. The second-order valence-electron chi connectivity index (χ2n) is 9.62. The van der Waals surface area contributed by atoms with Crippen molar-refractivity contribution < 1.29 is 17.6 Å². The Morgan fingerprint density at radius 2 is 1.84 bits per heavy atom. The van der Waals surface area contributed by atoms with Gasteiger partial charge in [-0.05, 0) is 66.0 Å². The van der Waals surface area contributed by atoms with E-state index in [0.29, 0.717) is 17.7 Å². The van der Waals surface area contributed by atoms with Crippen LogP contribution in [0.1, 0.15) is 68.3 Å². The highest BCUT2D eigenvalue weighted by Crippen LogP contribution is 2.48.